The van der Waals surface area contributed by atoms with Crippen LogP contribution in [0.15, 0.2) is 27.6 Å². The number of nitrogens with zero attached hydrogens (tertiary/aromatic N) is 1. The molecule has 20 heavy (non-hydrogen) atoms. The number of hydrogen-bond acceptors (Lipinski definition) is 3. The summed E-state index contributed by atoms with van der Waals surface area (Å²) in [6.45, 7) is 1.74. The van der Waals surface area contributed by atoms with Gasteiger partial charge >= 0.3 is 0 Å². The van der Waals surface area contributed by atoms with E-state index in [1.807, 2.05) is 0 Å². The minimum Gasteiger partial charge on any atom is -0.330 e. The molecule has 1 aliphatic rings. The maximum atomic E-state index is 12.6. The van der Waals surface area contributed by atoms with Crippen molar-refractivity contribution < 1.29 is 8.42 Å². The molecule has 0 aromatic heterocycles. The number of rotatable bonds is 4. The number of halogens is 2. The smallest absolute Gasteiger partial charge is 0.244 e. The second-order valence-electron chi connectivity index (χ2n) is 5.00. The molecule has 112 valence electrons. The zero-order valence-electron chi connectivity index (χ0n) is 11.1. The van der Waals surface area contributed by atoms with Crippen molar-refractivity contribution in [3.8, 4) is 0 Å². The summed E-state index contributed by atoms with van der Waals surface area (Å²) in [4.78, 5) is 0.180. The molecule has 1 fully saturated rings. The van der Waals surface area contributed by atoms with Crippen molar-refractivity contribution in [1.29, 1.82) is 0 Å². The quantitative estimate of drug-likeness (QED) is 0.872. The van der Waals surface area contributed by atoms with Gasteiger partial charge in [-0.25, -0.2) is 8.42 Å². The van der Waals surface area contributed by atoms with Gasteiger partial charge in [0.2, 0.25) is 10.0 Å². The molecule has 0 amide bonds. The van der Waals surface area contributed by atoms with Crippen LogP contribution in [-0.2, 0) is 10.0 Å². The van der Waals surface area contributed by atoms with Gasteiger partial charge in [-0.3, -0.25) is 0 Å². The Bertz CT molecular complexity index is 572. The van der Waals surface area contributed by atoms with Crippen molar-refractivity contribution in [2.75, 3.05) is 19.6 Å². The van der Waals surface area contributed by atoms with E-state index in [2.05, 4.69) is 15.9 Å². The third kappa shape index (κ3) is 3.54. The van der Waals surface area contributed by atoms with Gasteiger partial charge in [0, 0.05) is 17.6 Å². The first-order valence-corrected chi connectivity index (χ1v) is 9.21. The topological polar surface area (TPSA) is 63.4 Å². The summed E-state index contributed by atoms with van der Waals surface area (Å²) in [6.07, 6.45) is 2.70. The third-order valence-electron chi connectivity index (χ3n) is 3.66. The Balaban J connectivity index is 2.15. The number of piperidine rings is 1. The zero-order valence-corrected chi connectivity index (χ0v) is 14.2. The lowest BCUT2D eigenvalue weighted by atomic mass is 9.95. The molecule has 2 N–H and O–H groups in total. The Morgan fingerprint density at radius 2 is 2.00 bits per heavy atom. The second-order valence-corrected chi connectivity index (χ2v) is 8.23. The van der Waals surface area contributed by atoms with Crippen LogP contribution in [-0.4, -0.2) is 32.4 Å². The normalized spacial score (nSPS) is 18.4. The fraction of sp³-hybridized carbons (Fsp3) is 0.538. The van der Waals surface area contributed by atoms with Crippen LogP contribution in [0.25, 0.3) is 0 Å². The Morgan fingerprint density at radius 3 is 2.55 bits per heavy atom. The van der Waals surface area contributed by atoms with Gasteiger partial charge in [0.25, 0.3) is 0 Å². The van der Waals surface area contributed by atoms with Crippen LogP contribution < -0.4 is 5.73 Å². The van der Waals surface area contributed by atoms with E-state index in [-0.39, 0.29) is 9.92 Å². The summed E-state index contributed by atoms with van der Waals surface area (Å²) in [7, 11) is -3.50. The molecule has 0 spiro atoms. The van der Waals surface area contributed by atoms with Crippen molar-refractivity contribution >= 4 is 37.6 Å². The molecule has 0 unspecified atom stereocenters. The molecule has 1 aliphatic heterocycles. The highest BCUT2D eigenvalue weighted by atomic mass is 79.9. The number of nitrogens with two attached hydrogens (primary N) is 1. The molecule has 0 saturated carbocycles. The van der Waals surface area contributed by atoms with Gasteiger partial charge in [-0.05, 0) is 49.9 Å². The average molecular weight is 382 g/mol. The standard InChI is InChI=1S/C13H18BrClN2O2S/c14-11-1-2-13(12(15)9-11)20(18,19)17-7-4-10(3-6-16)5-8-17/h1-2,9-10H,3-8,16H2. The Kier molecular flexibility index (Phi) is 5.48. The highest BCUT2D eigenvalue weighted by molar-refractivity contribution is 9.10. The monoisotopic (exact) mass is 380 g/mol. The SMILES string of the molecule is NCCC1CCN(S(=O)(=O)c2ccc(Br)cc2Cl)CC1. The third-order valence-corrected chi connectivity index (χ3v) is 6.53. The Hall–Kier alpha value is -0.140. The van der Waals surface area contributed by atoms with E-state index in [4.69, 9.17) is 17.3 Å². The molecule has 0 atom stereocenters. The predicted molar refractivity (Wildman–Crippen MR) is 84.3 cm³/mol. The first kappa shape index (κ1) is 16.2. The summed E-state index contributed by atoms with van der Waals surface area (Å²) in [6, 6.07) is 4.85. The lowest BCUT2D eigenvalue weighted by Gasteiger charge is -2.31. The molecule has 1 heterocycles. The molecular formula is C13H18BrClN2O2S. The molecule has 0 aliphatic carbocycles. The predicted octanol–water partition coefficient (Wildman–Crippen LogP) is 2.85. The first-order chi connectivity index (χ1) is 9.45. The van der Waals surface area contributed by atoms with E-state index in [0.717, 1.165) is 23.7 Å². The maximum absolute atomic E-state index is 12.6. The van der Waals surface area contributed by atoms with Gasteiger partial charge in [-0.2, -0.15) is 4.31 Å². The Morgan fingerprint density at radius 1 is 1.35 bits per heavy atom. The van der Waals surface area contributed by atoms with Crippen molar-refractivity contribution in [1.82, 2.24) is 4.31 Å². The van der Waals surface area contributed by atoms with Crippen molar-refractivity contribution in [2.24, 2.45) is 11.7 Å². The molecule has 1 aromatic carbocycles. The van der Waals surface area contributed by atoms with Crippen LogP contribution in [0, 0.1) is 5.92 Å². The average Bonchev–Trinajstić information content (AvgIpc) is 2.39. The molecule has 0 radical (unpaired) electrons. The minimum atomic E-state index is -3.50. The van der Waals surface area contributed by atoms with Gasteiger partial charge in [0.15, 0.2) is 0 Å². The van der Waals surface area contributed by atoms with Crippen LogP contribution in [0.4, 0.5) is 0 Å². The van der Waals surface area contributed by atoms with Crippen LogP contribution in [0.1, 0.15) is 19.3 Å². The highest BCUT2D eigenvalue weighted by Gasteiger charge is 2.30. The fourth-order valence-corrected chi connectivity index (χ4v) is 4.98. The lowest BCUT2D eigenvalue weighted by molar-refractivity contribution is 0.266. The summed E-state index contributed by atoms with van der Waals surface area (Å²) < 4.78 is 27.5. The van der Waals surface area contributed by atoms with Crippen molar-refractivity contribution in [3.05, 3.63) is 27.7 Å². The molecule has 2 rings (SSSR count). The molecular weight excluding hydrogens is 364 g/mol. The number of hydrogen-bond donors (Lipinski definition) is 1. The van der Waals surface area contributed by atoms with Gasteiger partial charge in [0.1, 0.15) is 4.90 Å². The van der Waals surface area contributed by atoms with E-state index in [1.165, 1.54) is 4.31 Å². The number of sulfonamides is 1. The van der Waals surface area contributed by atoms with E-state index in [1.54, 1.807) is 18.2 Å². The van der Waals surface area contributed by atoms with Crippen LogP contribution in [0.2, 0.25) is 5.02 Å². The minimum absolute atomic E-state index is 0.180. The van der Waals surface area contributed by atoms with Gasteiger partial charge in [-0.1, -0.05) is 27.5 Å². The van der Waals surface area contributed by atoms with Crippen LogP contribution in [0.3, 0.4) is 0 Å². The van der Waals surface area contributed by atoms with E-state index in [9.17, 15) is 8.42 Å². The van der Waals surface area contributed by atoms with Gasteiger partial charge in [0.05, 0.1) is 5.02 Å². The molecule has 1 aromatic rings. The zero-order chi connectivity index (χ0) is 14.8. The lowest BCUT2D eigenvalue weighted by Crippen LogP contribution is -2.38. The molecule has 0 bridgehead atoms. The van der Waals surface area contributed by atoms with Crippen molar-refractivity contribution in [2.45, 2.75) is 24.2 Å². The largest absolute Gasteiger partial charge is 0.330 e. The fourth-order valence-electron chi connectivity index (χ4n) is 2.50. The van der Waals surface area contributed by atoms with E-state index in [0.29, 0.717) is 25.6 Å². The number of benzene rings is 1. The summed E-state index contributed by atoms with van der Waals surface area (Å²) in [5, 5.41) is 0.253. The highest BCUT2D eigenvalue weighted by Crippen LogP contribution is 2.30. The maximum Gasteiger partial charge on any atom is 0.244 e. The summed E-state index contributed by atoms with van der Waals surface area (Å²) in [5.74, 6) is 0.534. The molecule has 7 heteroatoms. The second kappa shape index (κ2) is 6.75. The summed E-state index contributed by atoms with van der Waals surface area (Å²) >= 11 is 9.34. The van der Waals surface area contributed by atoms with E-state index < -0.39 is 10.0 Å². The summed E-state index contributed by atoms with van der Waals surface area (Å²) in [5.41, 5.74) is 5.55. The first-order valence-electron chi connectivity index (χ1n) is 6.60. The van der Waals surface area contributed by atoms with Crippen molar-refractivity contribution in [3.63, 3.8) is 0 Å². The van der Waals surface area contributed by atoms with Gasteiger partial charge < -0.3 is 5.73 Å². The molecule has 1 saturated heterocycles. The molecule has 4 nitrogen and oxygen atoms in total. The van der Waals surface area contributed by atoms with Crippen LogP contribution >= 0.6 is 27.5 Å². The van der Waals surface area contributed by atoms with Crippen LogP contribution in [0.5, 0.6) is 0 Å². The van der Waals surface area contributed by atoms with E-state index >= 15 is 0 Å². The van der Waals surface area contributed by atoms with Gasteiger partial charge in [-0.15, -0.1) is 0 Å². The Labute approximate surface area is 133 Å².